The van der Waals surface area contributed by atoms with Gasteiger partial charge in [-0.3, -0.25) is 14.8 Å². The maximum Gasteiger partial charge on any atom is 0.248 e. The lowest BCUT2D eigenvalue weighted by Crippen LogP contribution is -2.30. The molecule has 0 fully saturated rings. The van der Waals surface area contributed by atoms with Crippen molar-refractivity contribution in [2.24, 2.45) is 5.73 Å². The van der Waals surface area contributed by atoms with Crippen molar-refractivity contribution in [3.05, 3.63) is 59.1 Å². The number of fused-ring (bicyclic) bond motifs is 1. The van der Waals surface area contributed by atoms with E-state index in [1.54, 1.807) is 6.07 Å². The van der Waals surface area contributed by atoms with Crippen LogP contribution in [0.1, 0.15) is 33.7 Å². The van der Waals surface area contributed by atoms with Crippen molar-refractivity contribution >= 4 is 22.4 Å². The molecular formula is C20H23N5O. The zero-order valence-corrected chi connectivity index (χ0v) is 14.9. The molecule has 0 spiro atoms. The van der Waals surface area contributed by atoms with Gasteiger partial charge in [0.15, 0.2) is 0 Å². The van der Waals surface area contributed by atoms with Crippen LogP contribution in [0.5, 0.6) is 0 Å². The van der Waals surface area contributed by atoms with Crippen LogP contribution in [-0.2, 0) is 6.42 Å². The fourth-order valence-electron chi connectivity index (χ4n) is 3.57. The van der Waals surface area contributed by atoms with Crippen molar-refractivity contribution in [2.45, 2.75) is 19.8 Å². The van der Waals surface area contributed by atoms with E-state index in [9.17, 15) is 4.79 Å². The maximum absolute atomic E-state index is 11.5. The van der Waals surface area contributed by atoms with Crippen LogP contribution >= 0.6 is 0 Å². The van der Waals surface area contributed by atoms with Crippen LogP contribution in [0.4, 0.5) is 0 Å². The summed E-state index contributed by atoms with van der Waals surface area (Å²) in [5, 5.41) is 8.36. The second kappa shape index (κ2) is 6.80. The molecule has 134 valence electrons. The van der Waals surface area contributed by atoms with Gasteiger partial charge in [-0.15, -0.1) is 0 Å². The Kier molecular flexibility index (Phi) is 4.34. The van der Waals surface area contributed by atoms with E-state index in [1.807, 2.05) is 25.3 Å². The lowest BCUT2D eigenvalue weighted by atomic mass is 9.98. The largest absolute Gasteiger partial charge is 0.366 e. The smallest absolute Gasteiger partial charge is 0.248 e. The normalized spacial score (nSPS) is 15.3. The number of nitrogens with zero attached hydrogens (tertiary/aromatic N) is 2. The van der Waals surface area contributed by atoms with Crippen molar-refractivity contribution in [1.29, 1.82) is 0 Å². The summed E-state index contributed by atoms with van der Waals surface area (Å²) in [6.07, 6.45) is 6.28. The highest BCUT2D eigenvalue weighted by molar-refractivity contribution is 6.00. The molecule has 6 nitrogen and oxygen atoms in total. The van der Waals surface area contributed by atoms with Gasteiger partial charge in [0, 0.05) is 60.0 Å². The molecule has 6 heteroatoms. The Balaban J connectivity index is 1.47. The van der Waals surface area contributed by atoms with Crippen LogP contribution in [0.2, 0.25) is 0 Å². The number of nitrogens with two attached hydrogens (primary N) is 1. The van der Waals surface area contributed by atoms with Crippen LogP contribution in [0, 0.1) is 6.92 Å². The monoisotopic (exact) mass is 349 g/mol. The summed E-state index contributed by atoms with van der Waals surface area (Å²) in [5.41, 5.74) is 11.7. The van der Waals surface area contributed by atoms with Gasteiger partial charge in [0.2, 0.25) is 5.91 Å². The second-order valence-electron chi connectivity index (χ2n) is 6.90. The fourth-order valence-corrected chi connectivity index (χ4v) is 3.57. The number of carbonyl (C=O) groups is 1. The van der Waals surface area contributed by atoms with Crippen LogP contribution in [0.25, 0.3) is 16.5 Å². The van der Waals surface area contributed by atoms with E-state index in [0.717, 1.165) is 54.8 Å². The van der Waals surface area contributed by atoms with Gasteiger partial charge in [-0.25, -0.2) is 0 Å². The molecule has 2 aromatic heterocycles. The Morgan fingerprint density at radius 2 is 2.23 bits per heavy atom. The average molecular weight is 349 g/mol. The lowest BCUT2D eigenvalue weighted by molar-refractivity contribution is 0.100. The molecule has 1 aliphatic rings. The average Bonchev–Trinajstić information content (AvgIpc) is 3.26. The van der Waals surface area contributed by atoms with E-state index in [2.05, 4.69) is 32.2 Å². The number of aryl methyl sites for hydroxylation is 1. The minimum Gasteiger partial charge on any atom is -0.366 e. The quantitative estimate of drug-likeness (QED) is 0.661. The van der Waals surface area contributed by atoms with Gasteiger partial charge in [0.25, 0.3) is 0 Å². The third kappa shape index (κ3) is 3.28. The van der Waals surface area contributed by atoms with Gasteiger partial charge < -0.3 is 10.7 Å². The summed E-state index contributed by atoms with van der Waals surface area (Å²) in [5.74, 6) is -0.392. The predicted octanol–water partition coefficient (Wildman–Crippen LogP) is 2.63. The van der Waals surface area contributed by atoms with Crippen molar-refractivity contribution in [2.75, 3.05) is 19.6 Å². The van der Waals surface area contributed by atoms with Crippen LogP contribution < -0.4 is 5.73 Å². The van der Waals surface area contributed by atoms with E-state index < -0.39 is 5.91 Å². The summed E-state index contributed by atoms with van der Waals surface area (Å²) in [6, 6.07) is 7.67. The molecule has 1 aliphatic heterocycles. The number of primary amides is 1. The molecule has 0 radical (unpaired) electrons. The highest BCUT2D eigenvalue weighted by Gasteiger charge is 2.16. The van der Waals surface area contributed by atoms with Crippen molar-refractivity contribution in [3.8, 4) is 0 Å². The number of aromatic amines is 2. The number of amides is 1. The molecular weight excluding hydrogens is 326 g/mol. The van der Waals surface area contributed by atoms with E-state index in [4.69, 9.17) is 5.73 Å². The molecule has 0 unspecified atom stereocenters. The van der Waals surface area contributed by atoms with E-state index in [-0.39, 0.29) is 0 Å². The second-order valence-corrected chi connectivity index (χ2v) is 6.90. The number of nitrogens with one attached hydrogen (secondary N) is 2. The van der Waals surface area contributed by atoms with Crippen molar-refractivity contribution < 1.29 is 4.79 Å². The van der Waals surface area contributed by atoms with Gasteiger partial charge in [0.1, 0.15) is 0 Å². The Morgan fingerprint density at radius 3 is 2.92 bits per heavy atom. The molecule has 0 bridgehead atoms. The van der Waals surface area contributed by atoms with Gasteiger partial charge in [-0.2, -0.15) is 5.10 Å². The summed E-state index contributed by atoms with van der Waals surface area (Å²) in [4.78, 5) is 17.2. The summed E-state index contributed by atoms with van der Waals surface area (Å²) in [6.45, 7) is 4.99. The number of aromatic nitrogens is 3. The number of H-pyrrole nitrogens is 2. The molecule has 4 rings (SSSR count). The first-order valence-corrected chi connectivity index (χ1v) is 8.94. The number of hydrogen-bond donors (Lipinski definition) is 3. The molecule has 0 aliphatic carbocycles. The zero-order chi connectivity index (χ0) is 18.1. The van der Waals surface area contributed by atoms with Crippen LogP contribution in [0.3, 0.4) is 0 Å². The molecule has 26 heavy (non-hydrogen) atoms. The minimum atomic E-state index is -0.392. The van der Waals surface area contributed by atoms with Gasteiger partial charge >= 0.3 is 0 Å². The molecule has 0 saturated carbocycles. The zero-order valence-electron chi connectivity index (χ0n) is 14.9. The molecule has 0 atom stereocenters. The van der Waals surface area contributed by atoms with Crippen molar-refractivity contribution in [3.63, 3.8) is 0 Å². The first-order valence-electron chi connectivity index (χ1n) is 8.94. The SMILES string of the molecule is Cc1cc(CCN2CC=C(c3c[nH]c4ccc(C(N)=O)cc34)CC2)n[nH]1. The molecule has 0 saturated heterocycles. The number of rotatable bonds is 5. The molecule has 1 amide bonds. The standard InChI is InChI=1S/C20H23N5O/c1-13-10-16(24-23-13)6-9-25-7-4-14(5-8-25)18-12-22-19-3-2-15(20(21)26)11-17(18)19/h2-4,10-12,22H,5-9H2,1H3,(H2,21,26)(H,23,24). The van der Waals surface area contributed by atoms with E-state index >= 15 is 0 Å². The lowest BCUT2D eigenvalue weighted by Gasteiger charge is -2.26. The maximum atomic E-state index is 11.5. The van der Waals surface area contributed by atoms with Gasteiger partial charge in [-0.05, 0) is 43.2 Å². The number of benzene rings is 1. The van der Waals surface area contributed by atoms with Gasteiger partial charge in [0.05, 0.1) is 5.69 Å². The number of carbonyl (C=O) groups excluding carboxylic acids is 1. The Morgan fingerprint density at radius 1 is 1.35 bits per heavy atom. The van der Waals surface area contributed by atoms with Crippen LogP contribution in [-0.4, -0.2) is 45.6 Å². The van der Waals surface area contributed by atoms with Crippen LogP contribution in [0.15, 0.2) is 36.5 Å². The summed E-state index contributed by atoms with van der Waals surface area (Å²) < 4.78 is 0. The highest BCUT2D eigenvalue weighted by atomic mass is 16.1. The summed E-state index contributed by atoms with van der Waals surface area (Å²) in [7, 11) is 0. The Labute approximate surface area is 152 Å². The summed E-state index contributed by atoms with van der Waals surface area (Å²) >= 11 is 0. The van der Waals surface area contributed by atoms with E-state index in [0.29, 0.717) is 5.56 Å². The number of hydrogen-bond acceptors (Lipinski definition) is 3. The van der Waals surface area contributed by atoms with Crippen molar-refractivity contribution in [1.82, 2.24) is 20.1 Å². The minimum absolute atomic E-state index is 0.392. The van der Waals surface area contributed by atoms with E-state index in [1.165, 1.54) is 11.1 Å². The molecule has 3 heterocycles. The first-order chi connectivity index (χ1) is 12.6. The first kappa shape index (κ1) is 16.6. The molecule has 1 aromatic carbocycles. The molecule has 3 aromatic rings. The predicted molar refractivity (Wildman–Crippen MR) is 103 cm³/mol. The topological polar surface area (TPSA) is 90.8 Å². The Hall–Kier alpha value is -2.86. The third-order valence-electron chi connectivity index (χ3n) is 5.05. The Bertz CT molecular complexity index is 981. The highest BCUT2D eigenvalue weighted by Crippen LogP contribution is 2.30. The fraction of sp³-hybridized carbons (Fsp3) is 0.300. The van der Waals surface area contributed by atoms with Gasteiger partial charge in [-0.1, -0.05) is 6.08 Å². The molecule has 4 N–H and O–H groups in total. The third-order valence-corrected chi connectivity index (χ3v) is 5.05.